The average molecular weight is 589 g/mol. The zero-order valence-corrected chi connectivity index (χ0v) is 23.2. The monoisotopic (exact) mass is 588 g/mol. The minimum Gasteiger partial charge on any atom is -0.504 e. The minimum atomic E-state index is -0.796. The average Bonchev–Trinajstić information content (AvgIpc) is 3.18. The Morgan fingerprint density at radius 1 is 1.14 bits per heavy atom. The lowest BCUT2D eigenvalue weighted by Gasteiger charge is -2.25. The Labute approximate surface area is 225 Å². The molecule has 1 atom stereocenters. The molecule has 0 fully saturated rings. The molecular formula is C26H25BrN2O7S. The summed E-state index contributed by atoms with van der Waals surface area (Å²) in [6.45, 7) is 3.62. The summed E-state index contributed by atoms with van der Waals surface area (Å²) in [4.78, 5) is 31.9. The molecule has 0 aliphatic carbocycles. The smallest absolute Gasteiger partial charge is 0.338 e. The van der Waals surface area contributed by atoms with Crippen LogP contribution in [-0.2, 0) is 9.53 Å². The van der Waals surface area contributed by atoms with Gasteiger partial charge in [0.15, 0.2) is 27.8 Å². The second-order valence-electron chi connectivity index (χ2n) is 7.96. The number of fused-ring (bicyclic) bond motifs is 1. The molecule has 1 aromatic heterocycles. The number of carbonyl (C=O) groups is 1. The lowest BCUT2D eigenvalue weighted by atomic mass is 9.95. The Morgan fingerprint density at radius 3 is 2.49 bits per heavy atom. The van der Waals surface area contributed by atoms with Crippen molar-refractivity contribution in [2.24, 2.45) is 4.99 Å². The van der Waals surface area contributed by atoms with E-state index in [4.69, 9.17) is 18.9 Å². The van der Waals surface area contributed by atoms with Crippen LogP contribution in [-0.4, -0.2) is 43.6 Å². The highest BCUT2D eigenvalue weighted by Gasteiger charge is 2.34. The molecule has 0 saturated carbocycles. The van der Waals surface area contributed by atoms with E-state index in [1.165, 1.54) is 43.3 Å². The summed E-state index contributed by atoms with van der Waals surface area (Å²) in [5.41, 5.74) is 1.65. The standard InChI is InChI=1S/C26H25BrN2O7S/c1-6-36-25(32)22-13(2)28-26-29(23(22)14-7-8-18(33-3)20(9-14)35-5)24(31)21(37-26)11-15-10-19(34-4)17(30)12-16(15)27/h7-12,23,30H,6H2,1-5H3/b21-11+/t23-/m0/s1. The van der Waals surface area contributed by atoms with Gasteiger partial charge in [-0.3, -0.25) is 9.36 Å². The highest BCUT2D eigenvalue weighted by atomic mass is 79.9. The van der Waals surface area contributed by atoms with E-state index in [0.717, 1.165) is 0 Å². The van der Waals surface area contributed by atoms with Gasteiger partial charge in [-0.1, -0.05) is 33.3 Å². The highest BCUT2D eigenvalue weighted by molar-refractivity contribution is 9.10. The molecular weight excluding hydrogens is 564 g/mol. The third kappa shape index (κ3) is 4.88. The number of rotatable bonds is 7. The maximum atomic E-state index is 13.8. The summed E-state index contributed by atoms with van der Waals surface area (Å²) in [6, 6.07) is 7.57. The number of nitrogens with zero attached hydrogens (tertiary/aromatic N) is 2. The van der Waals surface area contributed by atoms with Gasteiger partial charge in [-0.2, -0.15) is 0 Å². The van der Waals surface area contributed by atoms with Crippen molar-refractivity contribution in [3.05, 3.63) is 76.9 Å². The van der Waals surface area contributed by atoms with Crippen LogP contribution >= 0.6 is 27.3 Å². The number of ether oxygens (including phenoxy) is 4. The number of methoxy groups -OCH3 is 3. The number of carbonyl (C=O) groups excluding carboxylic acids is 1. The van der Waals surface area contributed by atoms with E-state index in [9.17, 15) is 14.7 Å². The van der Waals surface area contributed by atoms with Crippen LogP contribution in [0.2, 0.25) is 0 Å². The molecule has 4 rings (SSSR count). The molecule has 2 heterocycles. The molecule has 0 bridgehead atoms. The third-order valence-electron chi connectivity index (χ3n) is 5.83. The molecule has 0 spiro atoms. The van der Waals surface area contributed by atoms with E-state index in [1.54, 1.807) is 44.2 Å². The molecule has 2 aromatic carbocycles. The van der Waals surface area contributed by atoms with Crippen LogP contribution in [0.25, 0.3) is 6.08 Å². The van der Waals surface area contributed by atoms with E-state index in [1.807, 2.05) is 0 Å². The van der Waals surface area contributed by atoms with Crippen LogP contribution in [0, 0.1) is 0 Å². The minimum absolute atomic E-state index is 0.0314. The van der Waals surface area contributed by atoms with Crippen LogP contribution in [0.4, 0.5) is 0 Å². The Balaban J connectivity index is 1.98. The first-order chi connectivity index (χ1) is 17.7. The summed E-state index contributed by atoms with van der Waals surface area (Å²) in [5.74, 6) is 0.661. The van der Waals surface area contributed by atoms with Gasteiger partial charge in [0.05, 0.1) is 49.8 Å². The lowest BCUT2D eigenvalue weighted by molar-refractivity contribution is -0.139. The van der Waals surface area contributed by atoms with Crippen molar-refractivity contribution in [2.45, 2.75) is 19.9 Å². The molecule has 0 amide bonds. The summed E-state index contributed by atoms with van der Waals surface area (Å²) >= 11 is 4.62. The van der Waals surface area contributed by atoms with Crippen molar-refractivity contribution in [2.75, 3.05) is 27.9 Å². The van der Waals surface area contributed by atoms with Crippen LogP contribution in [0.1, 0.15) is 31.0 Å². The maximum absolute atomic E-state index is 13.8. The Bertz CT molecular complexity index is 1590. The molecule has 11 heteroatoms. The predicted octanol–water partition coefficient (Wildman–Crippen LogP) is 3.29. The molecule has 3 aromatic rings. The normalized spacial score (nSPS) is 15.2. The largest absolute Gasteiger partial charge is 0.504 e. The van der Waals surface area contributed by atoms with Crippen molar-refractivity contribution >= 4 is 39.3 Å². The number of phenols is 1. The van der Waals surface area contributed by atoms with Gasteiger partial charge >= 0.3 is 5.97 Å². The molecule has 37 heavy (non-hydrogen) atoms. The number of hydrogen-bond donors (Lipinski definition) is 1. The van der Waals surface area contributed by atoms with Gasteiger partial charge in [-0.25, -0.2) is 9.79 Å². The fourth-order valence-corrected chi connectivity index (χ4v) is 5.59. The van der Waals surface area contributed by atoms with Crippen molar-refractivity contribution in [1.82, 2.24) is 4.57 Å². The van der Waals surface area contributed by atoms with Gasteiger partial charge in [0.2, 0.25) is 0 Å². The predicted molar refractivity (Wildman–Crippen MR) is 142 cm³/mol. The van der Waals surface area contributed by atoms with Gasteiger partial charge in [-0.15, -0.1) is 0 Å². The number of allylic oxidation sites excluding steroid dienone is 1. The zero-order chi connectivity index (χ0) is 26.9. The molecule has 1 aliphatic rings. The summed E-state index contributed by atoms with van der Waals surface area (Å²) in [5, 5.41) is 10.0. The number of aromatic hydroxyl groups is 1. The van der Waals surface area contributed by atoms with E-state index in [-0.39, 0.29) is 29.2 Å². The van der Waals surface area contributed by atoms with Gasteiger partial charge in [0, 0.05) is 4.47 Å². The van der Waals surface area contributed by atoms with Crippen LogP contribution in [0.3, 0.4) is 0 Å². The van der Waals surface area contributed by atoms with Crippen molar-refractivity contribution in [3.8, 4) is 23.0 Å². The first-order valence-electron chi connectivity index (χ1n) is 11.2. The summed E-state index contributed by atoms with van der Waals surface area (Å²) in [7, 11) is 4.50. The lowest BCUT2D eigenvalue weighted by Crippen LogP contribution is -2.40. The number of hydrogen-bond acceptors (Lipinski definition) is 9. The van der Waals surface area contributed by atoms with Gasteiger partial charge in [0.1, 0.15) is 0 Å². The zero-order valence-electron chi connectivity index (χ0n) is 20.8. The quantitative estimate of drug-likeness (QED) is 0.422. The first kappa shape index (κ1) is 26.5. The first-order valence-corrected chi connectivity index (χ1v) is 12.8. The van der Waals surface area contributed by atoms with Gasteiger partial charge in [-0.05, 0) is 55.3 Å². The van der Waals surface area contributed by atoms with E-state index in [2.05, 4.69) is 20.9 Å². The molecule has 194 valence electrons. The summed E-state index contributed by atoms with van der Waals surface area (Å²) in [6.07, 6.45) is 1.69. The van der Waals surface area contributed by atoms with Crippen LogP contribution in [0.15, 0.2) is 55.9 Å². The number of aromatic nitrogens is 1. The van der Waals surface area contributed by atoms with Gasteiger partial charge in [0.25, 0.3) is 5.56 Å². The van der Waals surface area contributed by atoms with Crippen LogP contribution < -0.4 is 29.1 Å². The molecule has 0 saturated heterocycles. The number of esters is 1. The van der Waals surface area contributed by atoms with Crippen molar-refractivity contribution < 1.29 is 28.8 Å². The van der Waals surface area contributed by atoms with Crippen molar-refractivity contribution in [3.63, 3.8) is 0 Å². The number of halogens is 1. The second kappa shape index (κ2) is 10.8. The number of benzene rings is 2. The van der Waals surface area contributed by atoms with E-state index in [0.29, 0.717) is 42.1 Å². The molecule has 0 unspecified atom stereocenters. The SMILES string of the molecule is CCOC(=O)C1=C(C)N=c2s/c(=C/c3cc(OC)c(O)cc3Br)c(=O)n2[C@H]1c1ccc(OC)c(OC)c1. The molecule has 0 radical (unpaired) electrons. The van der Waals surface area contributed by atoms with Crippen LogP contribution in [0.5, 0.6) is 23.0 Å². The second-order valence-corrected chi connectivity index (χ2v) is 9.83. The molecule has 9 nitrogen and oxygen atoms in total. The maximum Gasteiger partial charge on any atom is 0.338 e. The highest BCUT2D eigenvalue weighted by Crippen LogP contribution is 2.36. The molecule has 1 N–H and O–H groups in total. The number of phenolic OH excluding ortho intramolecular Hbond substituents is 1. The number of thiazole rings is 1. The Hall–Kier alpha value is -3.57. The van der Waals surface area contributed by atoms with Gasteiger partial charge < -0.3 is 24.1 Å². The van der Waals surface area contributed by atoms with E-state index < -0.39 is 12.0 Å². The fourth-order valence-electron chi connectivity index (χ4n) is 4.10. The summed E-state index contributed by atoms with van der Waals surface area (Å²) < 4.78 is 23.8. The third-order valence-corrected chi connectivity index (χ3v) is 7.49. The topological polar surface area (TPSA) is 109 Å². The molecule has 1 aliphatic heterocycles. The van der Waals surface area contributed by atoms with E-state index >= 15 is 0 Å². The van der Waals surface area contributed by atoms with Crippen molar-refractivity contribution in [1.29, 1.82) is 0 Å². The Morgan fingerprint density at radius 2 is 1.84 bits per heavy atom. The fraction of sp³-hybridized carbons (Fsp3) is 0.269. The Kier molecular flexibility index (Phi) is 7.74.